The summed E-state index contributed by atoms with van der Waals surface area (Å²) in [4.78, 5) is 81.5. The zero-order valence-electron chi connectivity index (χ0n) is 53.5. The number of nitrogens with one attached hydrogen (secondary N) is 7. The first-order valence-electron chi connectivity index (χ1n) is 30.6. The standard InChI is InChI=1S/C25H30N4O3S.C20H22N4OS.C18H19N3S.C7H13NO4/c1-25(2,3)32-24(31)28-16-22(30)29-19-6-4-5-17(15-19)7-9-20(33)10-8-18-11-13-26-23-21(18)12-14-27-23;21-13-19(25)24-16-3-1-2-14(12-16)4-6-17(26)7-5-15-8-10-22-20-18(15)9-11-23-20;19-15-3-1-2-13(12-15)4-6-16(22)7-5-14-8-10-20-18-17(14)9-11-21-18;1-7(2,3)12-6(11)8-4-5(9)10/h4-6,11-15H,7-10,16H2,1-3H3,(H,26,27)(H,28,31)(H,29,30);1-3,8-12H,4-7,13,21H2,(H,22,23)(H,24,25);1-3,8-12H,4-7,19H2,(H,20,21);4H2,1-3H3,(H,8,11)(H,9,10). The molecule has 0 bridgehead atoms. The van der Waals surface area contributed by atoms with E-state index in [1.165, 1.54) is 33.0 Å². The molecule has 23 heteroatoms. The van der Waals surface area contributed by atoms with Crippen LogP contribution in [0.15, 0.2) is 146 Å². The minimum absolute atomic E-state index is 0.0161. The number of aromatic amines is 3. The highest BCUT2D eigenvalue weighted by molar-refractivity contribution is 7.80. The van der Waals surface area contributed by atoms with Gasteiger partial charge in [0.1, 0.15) is 41.2 Å². The predicted molar refractivity (Wildman–Crippen MR) is 382 cm³/mol. The van der Waals surface area contributed by atoms with Crippen molar-refractivity contribution in [2.24, 2.45) is 5.73 Å². The highest BCUT2D eigenvalue weighted by Gasteiger charge is 2.18. The second-order valence-electron chi connectivity index (χ2n) is 23.8. The van der Waals surface area contributed by atoms with E-state index < -0.39 is 35.9 Å². The number of amides is 4. The van der Waals surface area contributed by atoms with Gasteiger partial charge in [-0.05, 0) is 239 Å². The summed E-state index contributed by atoms with van der Waals surface area (Å²) in [6.45, 7) is 9.81. The first-order chi connectivity index (χ1) is 44.4. The number of nitrogens with two attached hydrogens (primary N) is 2. The molecule has 0 saturated carbocycles. The number of aryl methyl sites for hydroxylation is 6. The molecule has 12 N–H and O–H groups in total. The first-order valence-corrected chi connectivity index (χ1v) is 31.9. The Morgan fingerprint density at radius 3 is 1.20 bits per heavy atom. The molecule has 4 amide bonds. The van der Waals surface area contributed by atoms with Crippen LogP contribution in [0.3, 0.4) is 0 Å². The van der Waals surface area contributed by atoms with Crippen LogP contribution in [0.5, 0.6) is 0 Å². The second-order valence-corrected chi connectivity index (χ2v) is 25.5. The summed E-state index contributed by atoms with van der Waals surface area (Å²) in [6, 6.07) is 35.9. The van der Waals surface area contributed by atoms with Gasteiger partial charge in [-0.1, -0.05) is 73.1 Å². The number of H-pyrrole nitrogens is 3. The molecule has 0 unspecified atom stereocenters. The second kappa shape index (κ2) is 36.7. The van der Waals surface area contributed by atoms with E-state index in [1.807, 2.05) is 116 Å². The number of nitrogens with zero attached hydrogens (tertiary/aromatic N) is 3. The Hall–Kier alpha value is -9.29. The molecule has 3 aromatic carbocycles. The SMILES string of the molecule is CC(C)(C)OC(=O)NCC(=O)Nc1cccc(CCC(=S)CCc2ccnc3[nH]ccc23)c1.CC(C)(C)OC(=O)NCC(=O)O.NCC(=O)Nc1cccc(CCC(=S)CCc2ccnc3[nH]ccc23)c1.Nc1cccc(CCC(=S)CCc2ccnc3[nH]ccc23)c1. The fourth-order valence-electron chi connectivity index (χ4n) is 9.46. The van der Waals surface area contributed by atoms with Crippen LogP contribution in [0.1, 0.15) is 113 Å². The van der Waals surface area contributed by atoms with E-state index in [2.05, 4.69) is 81.5 Å². The van der Waals surface area contributed by atoms with E-state index in [9.17, 15) is 24.0 Å². The van der Waals surface area contributed by atoms with E-state index in [-0.39, 0.29) is 24.9 Å². The van der Waals surface area contributed by atoms with E-state index in [4.69, 9.17) is 62.7 Å². The lowest BCUT2D eigenvalue weighted by Crippen LogP contribution is -2.37. The van der Waals surface area contributed by atoms with Gasteiger partial charge in [0.2, 0.25) is 11.8 Å². The number of carbonyl (C=O) groups excluding carboxylic acids is 4. The number of rotatable bonds is 25. The van der Waals surface area contributed by atoms with Gasteiger partial charge in [-0.15, -0.1) is 0 Å². The largest absolute Gasteiger partial charge is 0.480 e. The Morgan fingerprint density at radius 2 is 0.839 bits per heavy atom. The van der Waals surface area contributed by atoms with Crippen molar-refractivity contribution in [1.82, 2.24) is 40.5 Å². The van der Waals surface area contributed by atoms with Gasteiger partial charge in [-0.25, -0.2) is 24.5 Å². The Kier molecular flexibility index (Phi) is 28.7. The molecule has 0 fully saturated rings. The molecule has 0 aliphatic rings. The normalized spacial score (nSPS) is 11.0. The smallest absolute Gasteiger partial charge is 0.408 e. The molecule has 0 aliphatic carbocycles. The molecule has 9 aromatic rings. The number of carbonyl (C=O) groups is 5. The van der Waals surface area contributed by atoms with Crippen molar-refractivity contribution in [3.63, 3.8) is 0 Å². The Labute approximate surface area is 558 Å². The quantitative estimate of drug-likeness (QED) is 0.0188. The molecule has 490 valence electrons. The van der Waals surface area contributed by atoms with Crippen molar-refractivity contribution >= 4 is 131 Å². The van der Waals surface area contributed by atoms with Gasteiger partial charge in [-0.2, -0.15) is 0 Å². The van der Waals surface area contributed by atoms with Crippen molar-refractivity contribution in [3.05, 3.63) is 180 Å². The van der Waals surface area contributed by atoms with Crippen LogP contribution in [0.4, 0.5) is 26.7 Å². The number of carboxylic acids is 1. The molecule has 0 aliphatic heterocycles. The number of pyridine rings is 3. The zero-order valence-corrected chi connectivity index (χ0v) is 55.9. The average molecular weight is 1320 g/mol. The highest BCUT2D eigenvalue weighted by atomic mass is 32.1. The lowest BCUT2D eigenvalue weighted by molar-refractivity contribution is -0.136. The van der Waals surface area contributed by atoms with E-state index in [0.717, 1.165) is 136 Å². The number of ether oxygens (including phenoxy) is 2. The average Bonchev–Trinajstić information content (AvgIpc) is 1.91. The molecule has 0 radical (unpaired) electrons. The molecule has 20 nitrogen and oxygen atoms in total. The van der Waals surface area contributed by atoms with Crippen LogP contribution in [-0.4, -0.2) is 110 Å². The van der Waals surface area contributed by atoms with Crippen LogP contribution in [-0.2, 0) is 62.4 Å². The Balaban J connectivity index is 0.000000207. The van der Waals surface area contributed by atoms with Crippen molar-refractivity contribution in [1.29, 1.82) is 0 Å². The van der Waals surface area contributed by atoms with E-state index >= 15 is 0 Å². The van der Waals surface area contributed by atoms with Gasteiger partial charge in [0.05, 0.1) is 6.54 Å². The maximum absolute atomic E-state index is 12.1. The highest BCUT2D eigenvalue weighted by Crippen LogP contribution is 2.22. The molecular weight excluding hydrogens is 1230 g/mol. The molecule has 0 saturated heterocycles. The predicted octanol–water partition coefficient (Wildman–Crippen LogP) is 13.0. The van der Waals surface area contributed by atoms with Crippen LogP contribution in [0.25, 0.3) is 33.1 Å². The van der Waals surface area contributed by atoms with Gasteiger partial charge >= 0.3 is 18.2 Å². The minimum atomic E-state index is -1.10. The summed E-state index contributed by atoms with van der Waals surface area (Å²) < 4.78 is 9.90. The third-order valence-electron chi connectivity index (χ3n) is 13.9. The van der Waals surface area contributed by atoms with E-state index in [1.54, 1.807) is 41.5 Å². The van der Waals surface area contributed by atoms with Crippen LogP contribution in [0.2, 0.25) is 0 Å². The fourth-order valence-corrected chi connectivity index (χ4v) is 10.1. The number of fused-ring (bicyclic) bond motifs is 3. The van der Waals surface area contributed by atoms with Crippen LogP contribution < -0.4 is 32.7 Å². The summed E-state index contributed by atoms with van der Waals surface area (Å²) in [7, 11) is 0. The number of benzene rings is 3. The first kappa shape index (κ1) is 72.8. The van der Waals surface area contributed by atoms with Crippen LogP contribution >= 0.6 is 36.7 Å². The van der Waals surface area contributed by atoms with Gasteiger partial charge in [0.25, 0.3) is 0 Å². The maximum Gasteiger partial charge on any atom is 0.408 e. The van der Waals surface area contributed by atoms with Gasteiger partial charge < -0.3 is 62.3 Å². The summed E-state index contributed by atoms with van der Waals surface area (Å²) >= 11 is 16.7. The maximum atomic E-state index is 12.1. The van der Waals surface area contributed by atoms with Gasteiger partial charge in [-0.3, -0.25) is 14.4 Å². The lowest BCUT2D eigenvalue weighted by atomic mass is 10.0. The number of aromatic nitrogens is 6. The number of alkyl carbamates (subject to hydrolysis) is 2. The molecule has 0 spiro atoms. The zero-order chi connectivity index (χ0) is 67.3. The van der Waals surface area contributed by atoms with Crippen LogP contribution in [0, 0.1) is 0 Å². The number of thiocarbonyl (C=S) groups is 3. The number of hydrogen-bond acceptors (Lipinski definition) is 15. The summed E-state index contributed by atoms with van der Waals surface area (Å²) in [6.07, 6.45) is 20.5. The number of aliphatic carboxylic acids is 1. The Morgan fingerprint density at radius 1 is 0.484 bits per heavy atom. The van der Waals surface area contributed by atoms with Crippen molar-refractivity contribution in [2.45, 2.75) is 130 Å². The summed E-state index contributed by atoms with van der Waals surface area (Å²) in [5.41, 5.74) is 22.3. The number of carboxylic acid groups (broad SMARTS) is 1. The molecular formula is C70H84N12O8S3. The molecule has 9 rings (SSSR count). The molecule has 93 heavy (non-hydrogen) atoms. The number of hydrogen-bond donors (Lipinski definition) is 10. The Bertz CT molecular complexity index is 3980. The molecule has 0 atom stereocenters. The van der Waals surface area contributed by atoms with Crippen molar-refractivity contribution in [2.75, 3.05) is 36.0 Å². The fraction of sp³-hybridized carbons (Fsp3) is 0.329. The third kappa shape index (κ3) is 27.2. The number of anilines is 3. The minimum Gasteiger partial charge on any atom is -0.480 e. The van der Waals surface area contributed by atoms with Crippen molar-refractivity contribution < 1.29 is 38.6 Å². The molecule has 6 heterocycles. The van der Waals surface area contributed by atoms with E-state index in [0.29, 0.717) is 5.69 Å². The van der Waals surface area contributed by atoms with Crippen molar-refractivity contribution in [3.8, 4) is 0 Å². The van der Waals surface area contributed by atoms with Gasteiger partial charge in [0.15, 0.2) is 0 Å². The third-order valence-corrected chi connectivity index (χ3v) is 15.1. The molecule has 6 aromatic heterocycles. The monoisotopic (exact) mass is 1320 g/mol. The van der Waals surface area contributed by atoms with Gasteiger partial charge in [0, 0.05) is 70.4 Å². The topological polar surface area (TPSA) is 310 Å². The summed E-state index contributed by atoms with van der Waals surface area (Å²) in [5, 5.41) is 21.8. The summed E-state index contributed by atoms with van der Waals surface area (Å²) in [5.74, 6) is -1.60. The lowest BCUT2D eigenvalue weighted by Gasteiger charge is -2.19. The number of nitrogen functional groups attached to an aromatic ring is 1.